The molecule has 2 fully saturated rings. The van der Waals surface area contributed by atoms with Crippen molar-refractivity contribution in [2.75, 3.05) is 44.8 Å². The smallest absolute Gasteiger partial charge is 0.410 e. The molecule has 240 valence electrons. The molecule has 0 radical (unpaired) electrons. The van der Waals surface area contributed by atoms with Crippen LogP contribution in [0, 0.1) is 11.6 Å². The Balaban J connectivity index is 1.29. The van der Waals surface area contributed by atoms with Gasteiger partial charge in [-0.1, -0.05) is 0 Å². The molecule has 0 bridgehead atoms. The lowest BCUT2D eigenvalue weighted by Gasteiger charge is -2.43. The van der Waals surface area contributed by atoms with Crippen molar-refractivity contribution in [3.63, 3.8) is 0 Å². The number of nitrogens with zero attached hydrogens (tertiary/aromatic N) is 4. The Labute approximate surface area is 255 Å². The number of hydrogen-bond acceptors (Lipinski definition) is 9. The van der Waals surface area contributed by atoms with Crippen LogP contribution in [0.3, 0.4) is 0 Å². The molecule has 2 saturated heterocycles. The van der Waals surface area contributed by atoms with Crippen LogP contribution in [0.1, 0.15) is 47.0 Å². The Morgan fingerprint density at radius 2 is 1.93 bits per heavy atom. The van der Waals surface area contributed by atoms with Gasteiger partial charge in [0.25, 0.3) is 0 Å². The van der Waals surface area contributed by atoms with E-state index in [0.29, 0.717) is 44.7 Å². The second-order valence-corrected chi connectivity index (χ2v) is 12.4. The zero-order chi connectivity index (χ0) is 31.8. The number of carbonyl (C=O) groups excluding carboxylic acids is 2. The van der Waals surface area contributed by atoms with Crippen molar-refractivity contribution < 1.29 is 41.7 Å². The van der Waals surface area contributed by atoms with Crippen molar-refractivity contribution in [2.24, 2.45) is 4.99 Å². The number of fused-ring (bicyclic) bond motifs is 1. The predicted molar refractivity (Wildman–Crippen MR) is 156 cm³/mol. The van der Waals surface area contributed by atoms with Crippen LogP contribution in [0.4, 0.5) is 23.7 Å². The van der Waals surface area contributed by atoms with Crippen LogP contribution in [0.25, 0.3) is 0 Å². The number of rotatable bonds is 5. The third-order valence-corrected chi connectivity index (χ3v) is 7.82. The van der Waals surface area contributed by atoms with Gasteiger partial charge in [0.15, 0.2) is 12.0 Å². The van der Waals surface area contributed by atoms with Gasteiger partial charge in [-0.05, 0) is 51.5 Å². The van der Waals surface area contributed by atoms with Crippen LogP contribution in [0.2, 0.25) is 0 Å². The molecule has 44 heavy (non-hydrogen) atoms. The summed E-state index contributed by atoms with van der Waals surface area (Å²) in [5, 5.41) is 0. The number of alkyl halides is 1. The number of hydrogen-bond donors (Lipinski definition) is 0. The zero-order valence-electron chi connectivity index (χ0n) is 25.6. The zero-order valence-corrected chi connectivity index (χ0v) is 25.6. The van der Waals surface area contributed by atoms with Gasteiger partial charge in [0.1, 0.15) is 35.3 Å². The molecule has 3 atom stereocenters. The monoisotopic (exact) mass is 620 g/mol. The van der Waals surface area contributed by atoms with Crippen LogP contribution >= 0.6 is 0 Å². The third kappa shape index (κ3) is 6.88. The number of amides is 1. The highest BCUT2D eigenvalue weighted by molar-refractivity contribution is 5.93. The Morgan fingerprint density at radius 1 is 1.20 bits per heavy atom. The van der Waals surface area contributed by atoms with Crippen molar-refractivity contribution in [1.82, 2.24) is 9.80 Å². The number of dihydropyridines is 1. The van der Waals surface area contributed by atoms with E-state index in [9.17, 15) is 18.4 Å². The van der Waals surface area contributed by atoms with E-state index in [2.05, 4.69) is 0 Å². The van der Waals surface area contributed by atoms with Crippen molar-refractivity contribution >= 4 is 23.6 Å². The molecule has 0 aliphatic carbocycles. The number of ether oxygens (including phenoxy) is 4. The van der Waals surface area contributed by atoms with E-state index in [4.69, 9.17) is 23.9 Å². The number of piperidine rings is 1. The van der Waals surface area contributed by atoms with E-state index in [1.807, 2.05) is 4.90 Å². The number of esters is 1. The largest absolute Gasteiger partial charge is 0.463 e. The van der Waals surface area contributed by atoms with Gasteiger partial charge in [0.05, 0.1) is 31.0 Å². The second-order valence-electron chi connectivity index (χ2n) is 12.4. The number of benzene rings is 1. The minimum absolute atomic E-state index is 0.00282. The van der Waals surface area contributed by atoms with E-state index in [0.717, 1.165) is 12.1 Å². The topological polar surface area (TPSA) is 93.1 Å². The first kappa shape index (κ1) is 31.8. The van der Waals surface area contributed by atoms with Crippen LogP contribution in [0.5, 0.6) is 0 Å². The lowest BCUT2D eigenvalue weighted by molar-refractivity contribution is -0.191. The Kier molecular flexibility index (Phi) is 8.99. The second kappa shape index (κ2) is 12.4. The summed E-state index contributed by atoms with van der Waals surface area (Å²) in [4.78, 5) is 34.4. The maximum absolute atomic E-state index is 15.7. The van der Waals surface area contributed by atoms with Gasteiger partial charge in [-0.2, -0.15) is 0 Å². The molecule has 1 spiro atoms. The molecule has 0 aromatic heterocycles. The molecule has 1 aromatic rings. The summed E-state index contributed by atoms with van der Waals surface area (Å²) in [6.07, 6.45) is 0.631. The lowest BCUT2D eigenvalue weighted by atomic mass is 9.94. The summed E-state index contributed by atoms with van der Waals surface area (Å²) in [6.45, 7) is 8.60. The molecular formula is C31H39F3N4O6. The molecule has 0 saturated carbocycles. The molecule has 0 N–H and O–H groups in total. The highest BCUT2D eigenvalue weighted by atomic mass is 19.1. The molecule has 4 aliphatic heterocycles. The molecule has 13 heteroatoms. The average Bonchev–Trinajstić information content (AvgIpc) is 3.33. The number of amidine groups is 1. The van der Waals surface area contributed by atoms with Gasteiger partial charge in [0.2, 0.25) is 0 Å². The van der Waals surface area contributed by atoms with Gasteiger partial charge in [-0.25, -0.2) is 27.8 Å². The Hall–Kier alpha value is -3.58. The van der Waals surface area contributed by atoms with Gasteiger partial charge in [0, 0.05) is 51.7 Å². The van der Waals surface area contributed by atoms with Crippen LogP contribution < -0.4 is 4.90 Å². The number of anilines is 1. The molecule has 4 aliphatic rings. The maximum Gasteiger partial charge on any atom is 0.410 e. The minimum Gasteiger partial charge on any atom is -0.463 e. The van der Waals surface area contributed by atoms with E-state index < -0.39 is 47.4 Å². The SMILES string of the molecule is CCOC(=O)C1=CN(c2ccc(F)cc2F)C2N=C(N3CCC4(CC3)OCC(CN(C)C(=O)OC(C)(C)C)O4)C(F)C=C2C1. The van der Waals surface area contributed by atoms with Crippen LogP contribution in [0.15, 0.2) is 46.6 Å². The molecule has 1 amide bonds. The van der Waals surface area contributed by atoms with E-state index >= 15 is 4.39 Å². The van der Waals surface area contributed by atoms with Gasteiger partial charge < -0.3 is 33.6 Å². The lowest BCUT2D eigenvalue weighted by Crippen LogP contribution is -2.52. The van der Waals surface area contributed by atoms with Gasteiger partial charge in [-0.3, -0.25) is 0 Å². The van der Waals surface area contributed by atoms with E-state index in [1.54, 1.807) is 34.7 Å². The van der Waals surface area contributed by atoms with Crippen molar-refractivity contribution in [1.29, 1.82) is 0 Å². The highest BCUT2D eigenvalue weighted by Gasteiger charge is 2.46. The fraction of sp³-hybridized carbons (Fsp3) is 0.581. The van der Waals surface area contributed by atoms with E-state index in [1.165, 1.54) is 28.1 Å². The standard InChI is InChI=1S/C31H39F3N4O6/c1-6-41-28(39)20-13-19-14-24(34)27(35-26(19)38(16-20)25-8-7-21(32)15-23(25)33)37-11-9-31(10-12-37)42-18-22(43-31)17-36(5)29(40)44-30(2,3)4/h7-8,14-16,22,24,26H,6,9-13,17-18H2,1-5H3. The summed E-state index contributed by atoms with van der Waals surface area (Å²) in [6, 6.07) is 3.13. The number of carbonyl (C=O) groups is 2. The number of halogens is 3. The summed E-state index contributed by atoms with van der Waals surface area (Å²) in [5.41, 5.74) is 0.0754. The predicted octanol–water partition coefficient (Wildman–Crippen LogP) is 4.70. The van der Waals surface area contributed by atoms with Gasteiger partial charge in [-0.15, -0.1) is 0 Å². The number of likely N-dealkylation sites (N-methyl/N-ethyl adjacent to an activating group) is 1. The van der Waals surface area contributed by atoms with Crippen molar-refractivity contribution in [3.8, 4) is 0 Å². The number of likely N-dealkylation sites (tertiary alicyclic amines) is 1. The molecule has 5 rings (SSSR count). The average molecular weight is 621 g/mol. The van der Waals surface area contributed by atoms with Crippen LogP contribution in [-0.4, -0.2) is 97.4 Å². The minimum atomic E-state index is -1.56. The Bertz CT molecular complexity index is 1370. The normalized spacial score (nSPS) is 24.7. The maximum atomic E-state index is 15.7. The van der Waals surface area contributed by atoms with Crippen LogP contribution in [-0.2, 0) is 23.7 Å². The molecule has 1 aromatic carbocycles. The van der Waals surface area contributed by atoms with Gasteiger partial charge >= 0.3 is 12.1 Å². The molecule has 10 nitrogen and oxygen atoms in total. The first-order chi connectivity index (χ1) is 20.8. The summed E-state index contributed by atoms with van der Waals surface area (Å²) >= 11 is 0. The molecule has 4 heterocycles. The summed E-state index contributed by atoms with van der Waals surface area (Å²) in [5.74, 6) is -2.87. The summed E-state index contributed by atoms with van der Waals surface area (Å²) in [7, 11) is 1.65. The van der Waals surface area contributed by atoms with Crippen molar-refractivity contribution in [3.05, 3.63) is 53.3 Å². The fourth-order valence-electron chi connectivity index (χ4n) is 5.78. The number of aliphatic imine (C=N–C) groups is 1. The highest BCUT2D eigenvalue weighted by Crippen LogP contribution is 2.39. The molecular weight excluding hydrogens is 581 g/mol. The first-order valence-electron chi connectivity index (χ1n) is 14.8. The van der Waals surface area contributed by atoms with E-state index in [-0.39, 0.29) is 36.2 Å². The molecule has 3 unspecified atom stereocenters. The fourth-order valence-corrected chi connectivity index (χ4v) is 5.78. The van der Waals surface area contributed by atoms with Crippen molar-refractivity contribution in [2.45, 2.75) is 76.8 Å². The quantitative estimate of drug-likeness (QED) is 0.346. The first-order valence-corrected chi connectivity index (χ1v) is 14.8. The Morgan fingerprint density at radius 3 is 2.59 bits per heavy atom. The summed E-state index contributed by atoms with van der Waals surface area (Å²) < 4.78 is 67.2. The third-order valence-electron chi connectivity index (χ3n) is 7.82.